The number of rotatable bonds is 6. The van der Waals surface area contributed by atoms with Crippen LogP contribution in [-0.2, 0) is 4.79 Å². The molecule has 2 aromatic carbocycles. The number of fused-ring (bicyclic) bond motifs is 1. The van der Waals surface area contributed by atoms with Gasteiger partial charge in [0.2, 0.25) is 0 Å². The molecule has 2 heterocycles. The molecule has 2 aromatic heterocycles. The quantitative estimate of drug-likeness (QED) is 0.344. The van der Waals surface area contributed by atoms with Gasteiger partial charge in [0.05, 0.1) is 5.39 Å². The number of benzene rings is 2. The Morgan fingerprint density at radius 3 is 2.43 bits per heavy atom. The van der Waals surface area contributed by atoms with Crippen LogP contribution in [0.15, 0.2) is 69.9 Å². The molecule has 0 atom stereocenters. The standard InChI is InChI=1S/C22H18N2O2S2/c1-14(25)11-12-27-22-23-20(26)19-18(13-28-21(19)24-22)17-9-7-16(8-10-17)15-5-3-2-4-6-15/h2-10,13H,11-12H2,1H3,(H,23,24,26). The van der Waals surface area contributed by atoms with Gasteiger partial charge in [-0.05, 0) is 23.6 Å². The molecule has 0 fully saturated rings. The molecule has 0 aliphatic heterocycles. The minimum atomic E-state index is -0.140. The van der Waals surface area contributed by atoms with Crippen LogP contribution in [0.25, 0.3) is 32.5 Å². The number of hydrogen-bond acceptors (Lipinski definition) is 5. The van der Waals surface area contributed by atoms with Crippen molar-refractivity contribution in [1.29, 1.82) is 0 Å². The van der Waals surface area contributed by atoms with Gasteiger partial charge in [-0.25, -0.2) is 4.98 Å². The van der Waals surface area contributed by atoms with Gasteiger partial charge in [0, 0.05) is 23.1 Å². The summed E-state index contributed by atoms with van der Waals surface area (Å²) in [7, 11) is 0. The van der Waals surface area contributed by atoms with Crippen LogP contribution in [-0.4, -0.2) is 21.5 Å². The molecule has 0 bridgehead atoms. The normalized spacial score (nSPS) is 11.0. The maximum Gasteiger partial charge on any atom is 0.260 e. The lowest BCUT2D eigenvalue weighted by atomic mass is 10.0. The summed E-state index contributed by atoms with van der Waals surface area (Å²) in [5.74, 6) is 0.747. The first kappa shape index (κ1) is 18.7. The monoisotopic (exact) mass is 406 g/mol. The lowest BCUT2D eigenvalue weighted by Crippen LogP contribution is -2.09. The Bertz CT molecular complexity index is 1180. The highest BCUT2D eigenvalue weighted by Gasteiger charge is 2.13. The zero-order valence-corrected chi connectivity index (χ0v) is 16.9. The number of ketones is 1. The van der Waals surface area contributed by atoms with E-state index in [2.05, 4.69) is 34.2 Å². The molecular weight excluding hydrogens is 388 g/mol. The van der Waals surface area contributed by atoms with Crippen molar-refractivity contribution in [3.8, 4) is 22.3 Å². The molecule has 0 aliphatic carbocycles. The summed E-state index contributed by atoms with van der Waals surface area (Å²) in [6.07, 6.45) is 0.468. The van der Waals surface area contributed by atoms with Crippen LogP contribution in [0, 0.1) is 0 Å². The van der Waals surface area contributed by atoms with Crippen LogP contribution < -0.4 is 5.56 Å². The zero-order valence-electron chi connectivity index (χ0n) is 15.3. The van der Waals surface area contributed by atoms with E-state index in [0.717, 1.165) is 27.1 Å². The molecule has 4 nitrogen and oxygen atoms in total. The van der Waals surface area contributed by atoms with E-state index in [4.69, 9.17) is 0 Å². The first-order valence-electron chi connectivity index (χ1n) is 8.91. The highest BCUT2D eigenvalue weighted by Crippen LogP contribution is 2.32. The fourth-order valence-electron chi connectivity index (χ4n) is 2.97. The van der Waals surface area contributed by atoms with Crippen molar-refractivity contribution in [2.45, 2.75) is 18.5 Å². The van der Waals surface area contributed by atoms with Crippen molar-refractivity contribution in [3.63, 3.8) is 0 Å². The molecule has 4 aromatic rings. The largest absolute Gasteiger partial charge is 0.301 e. The molecule has 0 saturated carbocycles. The van der Waals surface area contributed by atoms with E-state index in [1.165, 1.54) is 23.1 Å². The van der Waals surface area contributed by atoms with Crippen molar-refractivity contribution in [1.82, 2.24) is 9.97 Å². The van der Waals surface area contributed by atoms with Crippen LogP contribution >= 0.6 is 23.1 Å². The molecule has 4 rings (SSSR count). The number of Topliss-reactive ketones (excluding diaryl/α,β-unsaturated/α-hetero) is 1. The first-order valence-corrected chi connectivity index (χ1v) is 10.8. The van der Waals surface area contributed by atoms with Gasteiger partial charge >= 0.3 is 0 Å². The van der Waals surface area contributed by atoms with Gasteiger partial charge in [-0.2, -0.15) is 0 Å². The van der Waals surface area contributed by atoms with E-state index in [0.29, 0.717) is 22.7 Å². The maximum absolute atomic E-state index is 12.7. The number of hydrogen-bond donors (Lipinski definition) is 1. The summed E-state index contributed by atoms with van der Waals surface area (Å²) in [6, 6.07) is 18.4. The Morgan fingerprint density at radius 1 is 1.04 bits per heavy atom. The molecule has 0 unspecified atom stereocenters. The van der Waals surface area contributed by atoms with E-state index in [9.17, 15) is 9.59 Å². The number of nitrogens with zero attached hydrogens (tertiary/aromatic N) is 1. The van der Waals surface area contributed by atoms with Crippen molar-refractivity contribution in [2.24, 2.45) is 0 Å². The average Bonchev–Trinajstić information content (AvgIpc) is 3.13. The van der Waals surface area contributed by atoms with Crippen molar-refractivity contribution in [3.05, 3.63) is 70.3 Å². The van der Waals surface area contributed by atoms with Gasteiger partial charge in [-0.15, -0.1) is 11.3 Å². The smallest absolute Gasteiger partial charge is 0.260 e. The second-order valence-corrected chi connectivity index (χ2v) is 8.39. The second-order valence-electron chi connectivity index (χ2n) is 6.44. The van der Waals surface area contributed by atoms with E-state index < -0.39 is 0 Å². The summed E-state index contributed by atoms with van der Waals surface area (Å²) in [5.41, 5.74) is 4.05. The lowest BCUT2D eigenvalue weighted by Gasteiger charge is -2.04. The summed E-state index contributed by atoms with van der Waals surface area (Å²) in [4.78, 5) is 31.9. The fourth-order valence-corrected chi connectivity index (χ4v) is 4.88. The summed E-state index contributed by atoms with van der Waals surface area (Å²) >= 11 is 2.87. The lowest BCUT2D eigenvalue weighted by molar-refractivity contribution is -0.116. The molecule has 1 N–H and O–H groups in total. The molecule has 0 radical (unpaired) electrons. The van der Waals surface area contributed by atoms with E-state index >= 15 is 0 Å². The van der Waals surface area contributed by atoms with Gasteiger partial charge in [0.25, 0.3) is 5.56 Å². The fraction of sp³-hybridized carbons (Fsp3) is 0.136. The first-order chi connectivity index (χ1) is 13.6. The zero-order chi connectivity index (χ0) is 19.5. The minimum Gasteiger partial charge on any atom is -0.301 e. The Balaban J connectivity index is 1.64. The van der Waals surface area contributed by atoms with Crippen molar-refractivity contribution >= 4 is 39.1 Å². The predicted octanol–water partition coefficient (Wildman–Crippen LogP) is 5.39. The van der Waals surface area contributed by atoms with Crippen LogP contribution in [0.5, 0.6) is 0 Å². The molecule has 6 heteroatoms. The van der Waals surface area contributed by atoms with Crippen LogP contribution in [0.3, 0.4) is 0 Å². The van der Waals surface area contributed by atoms with Gasteiger partial charge in [0.1, 0.15) is 10.6 Å². The van der Waals surface area contributed by atoms with Gasteiger partial charge < -0.3 is 4.98 Å². The topological polar surface area (TPSA) is 62.8 Å². The van der Waals surface area contributed by atoms with E-state index in [1.807, 2.05) is 35.7 Å². The number of carbonyl (C=O) groups is 1. The molecule has 140 valence electrons. The number of aromatic nitrogens is 2. The number of aromatic amines is 1. The van der Waals surface area contributed by atoms with Crippen LogP contribution in [0.2, 0.25) is 0 Å². The Kier molecular flexibility index (Phi) is 5.41. The summed E-state index contributed by atoms with van der Waals surface area (Å²) in [6.45, 7) is 1.56. The Hall–Kier alpha value is -2.70. The molecule has 0 saturated heterocycles. The van der Waals surface area contributed by atoms with E-state index in [1.54, 1.807) is 6.92 Å². The number of carbonyl (C=O) groups excluding carboxylic acids is 1. The summed E-state index contributed by atoms with van der Waals surface area (Å²) < 4.78 is 0. The highest BCUT2D eigenvalue weighted by atomic mass is 32.2. The van der Waals surface area contributed by atoms with Gasteiger partial charge in [0.15, 0.2) is 5.16 Å². The van der Waals surface area contributed by atoms with Gasteiger partial charge in [-0.1, -0.05) is 66.4 Å². The van der Waals surface area contributed by atoms with Crippen LogP contribution in [0.1, 0.15) is 13.3 Å². The van der Waals surface area contributed by atoms with Crippen molar-refractivity contribution < 1.29 is 4.79 Å². The molecule has 28 heavy (non-hydrogen) atoms. The third kappa shape index (κ3) is 3.93. The Morgan fingerprint density at radius 2 is 1.71 bits per heavy atom. The number of thioether (sulfide) groups is 1. The van der Waals surface area contributed by atoms with Gasteiger partial charge in [-0.3, -0.25) is 9.59 Å². The third-order valence-electron chi connectivity index (χ3n) is 4.42. The number of H-pyrrole nitrogens is 1. The van der Waals surface area contributed by atoms with Crippen LogP contribution in [0.4, 0.5) is 0 Å². The third-order valence-corrected chi connectivity index (χ3v) is 6.17. The summed E-state index contributed by atoms with van der Waals surface area (Å²) in [5, 5.41) is 3.16. The minimum absolute atomic E-state index is 0.133. The molecule has 0 spiro atoms. The van der Waals surface area contributed by atoms with E-state index in [-0.39, 0.29) is 11.3 Å². The molecule has 0 amide bonds. The SMILES string of the molecule is CC(=O)CCSc1nc2scc(-c3ccc(-c4ccccc4)cc3)c2c(=O)[nH]1. The Labute approximate surface area is 170 Å². The van der Waals surface area contributed by atoms with Crippen molar-refractivity contribution in [2.75, 3.05) is 5.75 Å². The maximum atomic E-state index is 12.7. The second kappa shape index (κ2) is 8.12. The predicted molar refractivity (Wildman–Crippen MR) is 117 cm³/mol. The highest BCUT2D eigenvalue weighted by molar-refractivity contribution is 7.99. The molecule has 0 aliphatic rings. The molecular formula is C22H18N2O2S2. The number of thiophene rings is 1. The average molecular weight is 407 g/mol. The number of nitrogens with one attached hydrogen (secondary N) is 1.